The predicted octanol–water partition coefficient (Wildman–Crippen LogP) is 3.30. The van der Waals surface area contributed by atoms with Gasteiger partial charge in [-0.3, -0.25) is 14.5 Å². The Morgan fingerprint density at radius 2 is 1.71 bits per heavy atom. The van der Waals surface area contributed by atoms with Crippen LogP contribution in [0.5, 0.6) is 0 Å². The Balaban J connectivity index is 1.60. The number of thiophene rings is 1. The number of hydrogen-bond acceptors (Lipinski definition) is 4. The van der Waals surface area contributed by atoms with Crippen LogP contribution in [-0.2, 0) is 6.54 Å². The molecule has 126 valence electrons. The van der Waals surface area contributed by atoms with Gasteiger partial charge in [-0.1, -0.05) is 30.3 Å². The lowest BCUT2D eigenvalue weighted by atomic mass is 10.2. The van der Waals surface area contributed by atoms with Crippen LogP contribution < -0.4 is 0 Å². The van der Waals surface area contributed by atoms with Crippen molar-refractivity contribution in [3.63, 3.8) is 0 Å². The molecule has 3 rings (SSSR count). The van der Waals surface area contributed by atoms with Crippen molar-refractivity contribution in [2.24, 2.45) is 0 Å². The normalized spacial score (nSPS) is 16.0. The van der Waals surface area contributed by atoms with E-state index in [0.29, 0.717) is 9.75 Å². The van der Waals surface area contributed by atoms with Gasteiger partial charge >= 0.3 is 0 Å². The first-order chi connectivity index (χ1) is 11.6. The Labute approximate surface area is 146 Å². The summed E-state index contributed by atoms with van der Waals surface area (Å²) in [6.45, 7) is 5.85. The van der Waals surface area contributed by atoms with E-state index in [1.165, 1.54) is 23.8 Å². The average molecular weight is 342 g/mol. The molecule has 2 aromatic rings. The Morgan fingerprint density at radius 1 is 0.958 bits per heavy atom. The third-order valence-electron chi connectivity index (χ3n) is 4.29. The first-order valence-corrected chi connectivity index (χ1v) is 9.11. The zero-order valence-electron chi connectivity index (χ0n) is 13.9. The van der Waals surface area contributed by atoms with Crippen molar-refractivity contribution in [2.45, 2.75) is 19.9 Å². The number of carbonyl (C=O) groups excluding carboxylic acids is 2. The van der Waals surface area contributed by atoms with Crippen molar-refractivity contribution >= 4 is 23.0 Å². The fourth-order valence-electron chi connectivity index (χ4n) is 2.97. The van der Waals surface area contributed by atoms with Gasteiger partial charge in [0.1, 0.15) is 0 Å². The van der Waals surface area contributed by atoms with E-state index < -0.39 is 0 Å². The molecular weight excluding hydrogens is 320 g/mol. The van der Waals surface area contributed by atoms with Gasteiger partial charge in [-0.2, -0.15) is 0 Å². The number of carbonyl (C=O) groups is 2. The summed E-state index contributed by atoms with van der Waals surface area (Å²) < 4.78 is 0. The second-order valence-corrected chi connectivity index (χ2v) is 7.21. The van der Waals surface area contributed by atoms with E-state index in [9.17, 15) is 9.59 Å². The molecule has 0 unspecified atom stereocenters. The molecule has 0 aliphatic carbocycles. The first-order valence-electron chi connectivity index (χ1n) is 8.30. The molecule has 1 saturated heterocycles. The minimum Gasteiger partial charge on any atom is -0.337 e. The van der Waals surface area contributed by atoms with Gasteiger partial charge in [0.25, 0.3) is 5.91 Å². The summed E-state index contributed by atoms with van der Waals surface area (Å²) in [5.74, 6) is 0.0676. The summed E-state index contributed by atoms with van der Waals surface area (Å²) in [7, 11) is 0. The summed E-state index contributed by atoms with van der Waals surface area (Å²) in [6.07, 6.45) is 0.976. The topological polar surface area (TPSA) is 40.6 Å². The number of amides is 1. The van der Waals surface area contributed by atoms with Gasteiger partial charge in [0.15, 0.2) is 5.78 Å². The summed E-state index contributed by atoms with van der Waals surface area (Å²) in [6, 6.07) is 14.0. The Bertz CT molecular complexity index is 711. The van der Waals surface area contributed by atoms with E-state index in [4.69, 9.17) is 0 Å². The van der Waals surface area contributed by atoms with E-state index in [2.05, 4.69) is 29.2 Å². The molecule has 1 aliphatic rings. The third-order valence-corrected chi connectivity index (χ3v) is 5.46. The van der Waals surface area contributed by atoms with Gasteiger partial charge in [0, 0.05) is 32.7 Å². The van der Waals surface area contributed by atoms with Crippen LogP contribution in [0, 0.1) is 0 Å². The summed E-state index contributed by atoms with van der Waals surface area (Å²) in [5, 5.41) is 0. The van der Waals surface area contributed by atoms with E-state index in [-0.39, 0.29) is 11.7 Å². The fraction of sp³-hybridized carbons (Fsp3) is 0.368. The lowest BCUT2D eigenvalue weighted by molar-refractivity contribution is 0.0766. The molecule has 1 fully saturated rings. The number of ketones is 1. The molecule has 1 amide bonds. The summed E-state index contributed by atoms with van der Waals surface area (Å²) in [5.41, 5.74) is 1.31. The highest BCUT2D eigenvalue weighted by molar-refractivity contribution is 7.15. The largest absolute Gasteiger partial charge is 0.337 e. The van der Waals surface area contributed by atoms with Gasteiger partial charge in [0.2, 0.25) is 0 Å². The summed E-state index contributed by atoms with van der Waals surface area (Å²) in [4.78, 5) is 29.7. The quantitative estimate of drug-likeness (QED) is 0.801. The van der Waals surface area contributed by atoms with Crippen LogP contribution in [0.25, 0.3) is 0 Å². The molecule has 1 aliphatic heterocycles. The number of Topliss-reactive ketones (excluding diaryl/α,β-unsaturated/α-hetero) is 1. The van der Waals surface area contributed by atoms with Crippen LogP contribution >= 0.6 is 11.3 Å². The maximum absolute atomic E-state index is 12.7. The zero-order chi connectivity index (χ0) is 16.9. The van der Waals surface area contributed by atoms with Crippen LogP contribution in [0.3, 0.4) is 0 Å². The molecule has 1 aromatic carbocycles. The number of nitrogens with zero attached hydrogens (tertiary/aromatic N) is 2. The summed E-state index contributed by atoms with van der Waals surface area (Å²) >= 11 is 1.30. The smallest absolute Gasteiger partial charge is 0.263 e. The molecule has 24 heavy (non-hydrogen) atoms. The molecule has 4 nitrogen and oxygen atoms in total. The lowest BCUT2D eigenvalue weighted by Crippen LogP contribution is -2.34. The van der Waals surface area contributed by atoms with Gasteiger partial charge in [-0.05, 0) is 31.0 Å². The molecule has 0 radical (unpaired) electrons. The minimum atomic E-state index is 0.0175. The lowest BCUT2D eigenvalue weighted by Gasteiger charge is -2.21. The number of benzene rings is 1. The van der Waals surface area contributed by atoms with Crippen molar-refractivity contribution in [1.82, 2.24) is 9.80 Å². The van der Waals surface area contributed by atoms with Crippen LogP contribution in [-0.4, -0.2) is 47.7 Å². The van der Waals surface area contributed by atoms with E-state index >= 15 is 0 Å². The number of hydrogen-bond donors (Lipinski definition) is 0. The monoisotopic (exact) mass is 342 g/mol. The molecule has 0 bridgehead atoms. The van der Waals surface area contributed by atoms with Gasteiger partial charge in [-0.25, -0.2) is 0 Å². The van der Waals surface area contributed by atoms with Crippen LogP contribution in [0.15, 0.2) is 42.5 Å². The molecule has 1 aromatic heterocycles. The van der Waals surface area contributed by atoms with Gasteiger partial charge in [-0.15, -0.1) is 11.3 Å². The molecule has 5 heteroatoms. The molecule has 0 atom stereocenters. The van der Waals surface area contributed by atoms with Gasteiger partial charge < -0.3 is 4.90 Å². The van der Waals surface area contributed by atoms with Crippen molar-refractivity contribution < 1.29 is 9.59 Å². The molecule has 0 N–H and O–H groups in total. The van der Waals surface area contributed by atoms with Crippen LogP contribution in [0.1, 0.15) is 38.3 Å². The molecular formula is C19H22N2O2S. The van der Waals surface area contributed by atoms with Crippen LogP contribution in [0.4, 0.5) is 0 Å². The Morgan fingerprint density at radius 3 is 2.42 bits per heavy atom. The third kappa shape index (κ3) is 4.10. The van der Waals surface area contributed by atoms with Crippen molar-refractivity contribution in [3.05, 3.63) is 57.8 Å². The van der Waals surface area contributed by atoms with E-state index in [1.807, 2.05) is 11.0 Å². The fourth-order valence-corrected chi connectivity index (χ4v) is 3.84. The van der Waals surface area contributed by atoms with Crippen molar-refractivity contribution in [1.29, 1.82) is 0 Å². The van der Waals surface area contributed by atoms with Crippen molar-refractivity contribution in [2.75, 3.05) is 26.2 Å². The first kappa shape index (κ1) is 16.9. The van der Waals surface area contributed by atoms with Gasteiger partial charge in [0.05, 0.1) is 9.75 Å². The molecule has 2 heterocycles. The zero-order valence-corrected chi connectivity index (χ0v) is 14.7. The maximum atomic E-state index is 12.7. The Kier molecular flexibility index (Phi) is 5.43. The minimum absolute atomic E-state index is 0.0175. The Hall–Kier alpha value is -1.98. The second kappa shape index (κ2) is 7.73. The predicted molar refractivity (Wildman–Crippen MR) is 96.6 cm³/mol. The van der Waals surface area contributed by atoms with E-state index in [0.717, 1.165) is 39.1 Å². The molecule has 0 spiro atoms. The second-order valence-electron chi connectivity index (χ2n) is 6.13. The van der Waals surface area contributed by atoms with E-state index in [1.54, 1.807) is 12.1 Å². The standard InChI is InChI=1S/C19H22N2O2S/c1-15(22)17-8-9-18(24-17)19(23)21-11-5-10-20(12-13-21)14-16-6-3-2-4-7-16/h2-4,6-9H,5,10-14H2,1H3. The highest BCUT2D eigenvalue weighted by Gasteiger charge is 2.22. The average Bonchev–Trinajstić information content (AvgIpc) is 2.97. The van der Waals surface area contributed by atoms with Crippen LogP contribution in [0.2, 0.25) is 0 Å². The highest BCUT2D eigenvalue weighted by atomic mass is 32.1. The number of rotatable bonds is 4. The van der Waals surface area contributed by atoms with Crippen molar-refractivity contribution in [3.8, 4) is 0 Å². The maximum Gasteiger partial charge on any atom is 0.263 e. The highest BCUT2D eigenvalue weighted by Crippen LogP contribution is 2.20. The molecule has 0 saturated carbocycles. The SMILES string of the molecule is CC(=O)c1ccc(C(=O)N2CCCN(Cc3ccccc3)CC2)s1.